The van der Waals surface area contributed by atoms with Gasteiger partial charge in [0.15, 0.2) is 0 Å². The molecule has 5 heteroatoms. The van der Waals surface area contributed by atoms with Gasteiger partial charge >= 0.3 is 0 Å². The van der Waals surface area contributed by atoms with Gasteiger partial charge in [-0.05, 0) is 61.6 Å². The Morgan fingerprint density at radius 3 is 2.19 bits per heavy atom. The summed E-state index contributed by atoms with van der Waals surface area (Å²) in [5, 5.41) is 0. The van der Waals surface area contributed by atoms with Gasteiger partial charge in [-0.1, -0.05) is 12.1 Å². The second-order valence-corrected chi connectivity index (χ2v) is 8.42. The predicted molar refractivity (Wildman–Crippen MR) is 83.3 cm³/mol. The first-order valence-corrected chi connectivity index (χ1v) is 9.24. The molecule has 2 saturated carbocycles. The zero-order chi connectivity index (χ0) is 15.0. The highest BCUT2D eigenvalue weighted by atomic mass is 32.2. The summed E-state index contributed by atoms with van der Waals surface area (Å²) in [6.07, 6.45) is 4.66. The molecule has 3 rings (SSSR count). The number of hydrogen-bond donors (Lipinski definition) is 1. The highest BCUT2D eigenvalue weighted by molar-refractivity contribution is 7.89. The molecule has 1 aromatic carbocycles. The average molecular weight is 308 g/mol. The molecule has 4 nitrogen and oxygen atoms in total. The molecular formula is C16H24N2O2S. The predicted octanol–water partition coefficient (Wildman–Crippen LogP) is 2.26. The van der Waals surface area contributed by atoms with Crippen molar-refractivity contribution in [3.8, 4) is 0 Å². The first-order chi connectivity index (χ1) is 10.0. The van der Waals surface area contributed by atoms with Crippen molar-refractivity contribution in [2.45, 2.75) is 44.0 Å². The molecule has 2 fully saturated rings. The normalized spacial score (nSPS) is 19.2. The van der Waals surface area contributed by atoms with E-state index in [-0.39, 0.29) is 0 Å². The highest BCUT2D eigenvalue weighted by Gasteiger charge is 2.36. The number of rotatable bonds is 7. The molecule has 2 aliphatic carbocycles. The van der Waals surface area contributed by atoms with Crippen LogP contribution in [-0.2, 0) is 16.6 Å². The van der Waals surface area contributed by atoms with Gasteiger partial charge < -0.3 is 5.73 Å². The lowest BCUT2D eigenvalue weighted by Gasteiger charge is -2.23. The molecule has 0 unspecified atom stereocenters. The van der Waals surface area contributed by atoms with Crippen LogP contribution in [0.3, 0.4) is 0 Å². The van der Waals surface area contributed by atoms with Gasteiger partial charge in [0.25, 0.3) is 0 Å². The topological polar surface area (TPSA) is 63.4 Å². The van der Waals surface area contributed by atoms with E-state index in [0.717, 1.165) is 11.1 Å². The second-order valence-electron chi connectivity index (χ2n) is 6.51. The average Bonchev–Trinajstić information content (AvgIpc) is 3.33. The van der Waals surface area contributed by atoms with Crippen molar-refractivity contribution in [2.75, 3.05) is 13.1 Å². The van der Waals surface area contributed by atoms with Crippen LogP contribution in [0.25, 0.3) is 0 Å². The molecule has 2 aliphatic rings. The number of nitrogens with zero attached hydrogens (tertiary/aromatic N) is 1. The van der Waals surface area contributed by atoms with Crippen LogP contribution in [0.15, 0.2) is 23.1 Å². The molecule has 0 saturated heterocycles. The van der Waals surface area contributed by atoms with Crippen molar-refractivity contribution in [1.82, 2.24) is 4.31 Å². The van der Waals surface area contributed by atoms with Crippen LogP contribution in [0.2, 0.25) is 0 Å². The Kier molecular flexibility index (Phi) is 4.08. The number of hydrogen-bond acceptors (Lipinski definition) is 3. The van der Waals surface area contributed by atoms with E-state index in [4.69, 9.17) is 5.73 Å². The molecule has 0 spiro atoms. The third-order valence-corrected chi connectivity index (χ3v) is 6.40. The summed E-state index contributed by atoms with van der Waals surface area (Å²) in [6.45, 7) is 3.60. The van der Waals surface area contributed by atoms with Crippen molar-refractivity contribution in [1.29, 1.82) is 0 Å². The van der Waals surface area contributed by atoms with Crippen LogP contribution in [0.5, 0.6) is 0 Å². The Balaban J connectivity index is 1.91. The van der Waals surface area contributed by atoms with Gasteiger partial charge in [-0.15, -0.1) is 0 Å². The van der Waals surface area contributed by atoms with E-state index in [2.05, 4.69) is 0 Å². The SMILES string of the molecule is Cc1ccc(CN)cc1S(=O)(=O)N(CC1CC1)CC1CC1. The Hall–Kier alpha value is -0.910. The summed E-state index contributed by atoms with van der Waals surface area (Å²) in [5.74, 6) is 1.13. The Bertz CT molecular complexity index is 605. The van der Waals surface area contributed by atoms with Gasteiger partial charge in [0.2, 0.25) is 10.0 Å². The minimum atomic E-state index is -3.40. The molecule has 0 radical (unpaired) electrons. The molecule has 0 heterocycles. The highest BCUT2D eigenvalue weighted by Crippen LogP contribution is 2.36. The smallest absolute Gasteiger partial charge is 0.243 e. The van der Waals surface area contributed by atoms with Gasteiger partial charge in [0.05, 0.1) is 4.90 Å². The standard InChI is InChI=1S/C16H24N2O2S/c1-12-2-3-15(9-17)8-16(12)21(19,20)18(10-13-4-5-13)11-14-6-7-14/h2-3,8,13-14H,4-7,9-11,17H2,1H3. The molecule has 0 amide bonds. The second kappa shape index (κ2) is 5.71. The van der Waals surface area contributed by atoms with Crippen molar-refractivity contribution in [3.63, 3.8) is 0 Å². The lowest BCUT2D eigenvalue weighted by Crippen LogP contribution is -2.35. The molecule has 1 aromatic rings. The summed E-state index contributed by atoms with van der Waals surface area (Å²) in [5.41, 5.74) is 7.34. The van der Waals surface area contributed by atoms with Crippen LogP contribution in [0, 0.1) is 18.8 Å². The Labute approximate surface area is 127 Å². The third kappa shape index (κ3) is 3.47. The lowest BCUT2D eigenvalue weighted by atomic mass is 10.1. The van der Waals surface area contributed by atoms with E-state index in [9.17, 15) is 8.42 Å². The zero-order valence-corrected chi connectivity index (χ0v) is 13.4. The maximum Gasteiger partial charge on any atom is 0.243 e. The van der Waals surface area contributed by atoms with Gasteiger partial charge in [0, 0.05) is 19.6 Å². The minimum absolute atomic E-state index is 0.369. The van der Waals surface area contributed by atoms with Crippen molar-refractivity contribution in [3.05, 3.63) is 29.3 Å². The quantitative estimate of drug-likeness (QED) is 0.840. The van der Waals surface area contributed by atoms with Crippen LogP contribution >= 0.6 is 0 Å². The zero-order valence-electron chi connectivity index (χ0n) is 12.6. The molecule has 116 valence electrons. The van der Waals surface area contributed by atoms with Crippen LogP contribution < -0.4 is 5.73 Å². The monoisotopic (exact) mass is 308 g/mol. The first kappa shape index (κ1) is 15.0. The fourth-order valence-electron chi connectivity index (χ4n) is 2.64. The summed E-state index contributed by atoms with van der Waals surface area (Å²) < 4.78 is 27.8. The molecule has 2 N–H and O–H groups in total. The van der Waals surface area contributed by atoms with E-state index in [1.807, 2.05) is 19.1 Å². The molecule has 0 aromatic heterocycles. The van der Waals surface area contributed by atoms with E-state index in [1.54, 1.807) is 10.4 Å². The van der Waals surface area contributed by atoms with Gasteiger partial charge in [0.1, 0.15) is 0 Å². The van der Waals surface area contributed by atoms with Gasteiger partial charge in [-0.2, -0.15) is 4.31 Å². The third-order valence-electron chi connectivity index (χ3n) is 4.42. The van der Waals surface area contributed by atoms with Crippen molar-refractivity contribution in [2.24, 2.45) is 17.6 Å². The Morgan fingerprint density at radius 2 is 1.71 bits per heavy atom. The fraction of sp³-hybridized carbons (Fsp3) is 0.625. The minimum Gasteiger partial charge on any atom is -0.326 e. The molecule has 0 atom stereocenters. The fourth-order valence-corrected chi connectivity index (χ4v) is 4.50. The number of benzene rings is 1. The molecular weight excluding hydrogens is 284 g/mol. The van der Waals surface area contributed by atoms with Crippen LogP contribution in [-0.4, -0.2) is 25.8 Å². The van der Waals surface area contributed by atoms with E-state index in [0.29, 0.717) is 36.4 Å². The van der Waals surface area contributed by atoms with E-state index >= 15 is 0 Å². The Morgan fingerprint density at radius 1 is 1.14 bits per heavy atom. The summed E-state index contributed by atoms with van der Waals surface area (Å²) in [6, 6.07) is 5.51. The van der Waals surface area contributed by atoms with Crippen molar-refractivity contribution >= 4 is 10.0 Å². The van der Waals surface area contributed by atoms with Crippen LogP contribution in [0.4, 0.5) is 0 Å². The maximum absolute atomic E-state index is 13.0. The first-order valence-electron chi connectivity index (χ1n) is 7.80. The number of aryl methyl sites for hydroxylation is 1. The maximum atomic E-state index is 13.0. The molecule has 0 aliphatic heterocycles. The lowest BCUT2D eigenvalue weighted by molar-refractivity contribution is 0.382. The van der Waals surface area contributed by atoms with E-state index < -0.39 is 10.0 Å². The number of nitrogens with two attached hydrogens (primary N) is 1. The largest absolute Gasteiger partial charge is 0.326 e. The van der Waals surface area contributed by atoms with Crippen LogP contribution in [0.1, 0.15) is 36.8 Å². The van der Waals surface area contributed by atoms with E-state index in [1.165, 1.54) is 25.7 Å². The van der Waals surface area contributed by atoms with Gasteiger partial charge in [-0.25, -0.2) is 8.42 Å². The summed E-state index contributed by atoms with van der Waals surface area (Å²) >= 11 is 0. The van der Waals surface area contributed by atoms with Crippen molar-refractivity contribution < 1.29 is 8.42 Å². The summed E-state index contributed by atoms with van der Waals surface area (Å²) in [7, 11) is -3.40. The number of sulfonamides is 1. The summed E-state index contributed by atoms with van der Waals surface area (Å²) in [4.78, 5) is 0.437. The molecule has 21 heavy (non-hydrogen) atoms. The van der Waals surface area contributed by atoms with Gasteiger partial charge in [-0.3, -0.25) is 0 Å². The molecule has 0 bridgehead atoms.